The van der Waals surface area contributed by atoms with E-state index in [-0.39, 0.29) is 6.10 Å². The topological polar surface area (TPSA) is 32.3 Å². The van der Waals surface area contributed by atoms with Gasteiger partial charge in [-0.15, -0.1) is 0 Å². The smallest absolute Gasteiger partial charge is 0.0667 e. The molecule has 0 heterocycles. The normalized spacial score (nSPS) is 12.8. The van der Waals surface area contributed by atoms with Crippen LogP contribution in [-0.2, 0) is 6.42 Å². The Morgan fingerprint density at radius 2 is 1.88 bits per heavy atom. The Balaban J connectivity index is 2.04. The molecule has 2 rings (SSSR count). The summed E-state index contributed by atoms with van der Waals surface area (Å²) in [4.78, 5) is 0. The second kappa shape index (κ2) is 5.80. The molecule has 0 aliphatic carbocycles. The summed E-state index contributed by atoms with van der Waals surface area (Å²) in [5.74, 6) is 0. The number of fused-ring (bicyclic) bond motifs is 1. The molecule has 2 N–H and O–H groups in total. The van der Waals surface area contributed by atoms with Crippen molar-refractivity contribution in [2.45, 2.75) is 18.9 Å². The minimum atomic E-state index is -0.258. The zero-order chi connectivity index (χ0) is 12.1. The Bertz CT molecular complexity index is 481. The van der Waals surface area contributed by atoms with Crippen LogP contribution in [0.15, 0.2) is 42.5 Å². The van der Waals surface area contributed by atoms with Crippen LogP contribution in [0.4, 0.5) is 0 Å². The number of nitrogens with one attached hydrogen (secondary N) is 1. The lowest BCUT2D eigenvalue weighted by Crippen LogP contribution is -2.23. The van der Waals surface area contributed by atoms with E-state index in [0.29, 0.717) is 6.54 Å². The fraction of sp³-hybridized carbons (Fsp3) is 0.333. The number of aryl methyl sites for hydroxylation is 1. The molecule has 0 spiro atoms. The number of hydrogen-bond acceptors (Lipinski definition) is 2. The lowest BCUT2D eigenvalue weighted by Gasteiger charge is -2.10. The maximum atomic E-state index is 9.66. The van der Waals surface area contributed by atoms with E-state index in [9.17, 15) is 5.11 Å². The van der Waals surface area contributed by atoms with E-state index < -0.39 is 0 Å². The van der Waals surface area contributed by atoms with Crippen molar-refractivity contribution in [2.75, 3.05) is 13.6 Å². The molecule has 0 amide bonds. The second-order valence-corrected chi connectivity index (χ2v) is 4.43. The number of aliphatic hydroxyl groups is 1. The van der Waals surface area contributed by atoms with Gasteiger partial charge in [0.1, 0.15) is 0 Å². The Hall–Kier alpha value is -1.38. The summed E-state index contributed by atoms with van der Waals surface area (Å²) in [6.07, 6.45) is 1.47. The lowest BCUT2D eigenvalue weighted by molar-refractivity contribution is 0.165. The molecule has 2 heteroatoms. The molecule has 0 saturated heterocycles. The molecular weight excluding hydrogens is 210 g/mol. The van der Waals surface area contributed by atoms with Crippen LogP contribution in [0.1, 0.15) is 12.0 Å². The van der Waals surface area contributed by atoms with Crippen LogP contribution < -0.4 is 5.32 Å². The molecule has 0 aromatic heterocycles. The van der Waals surface area contributed by atoms with Crippen LogP contribution in [-0.4, -0.2) is 24.8 Å². The molecule has 2 nitrogen and oxygen atoms in total. The van der Waals surface area contributed by atoms with Crippen molar-refractivity contribution in [1.29, 1.82) is 0 Å². The Kier molecular flexibility index (Phi) is 4.13. The van der Waals surface area contributed by atoms with E-state index in [1.54, 1.807) is 0 Å². The van der Waals surface area contributed by atoms with E-state index in [4.69, 9.17) is 0 Å². The van der Waals surface area contributed by atoms with Crippen LogP contribution in [0.25, 0.3) is 10.8 Å². The van der Waals surface area contributed by atoms with Crippen molar-refractivity contribution in [3.8, 4) is 0 Å². The molecule has 1 unspecified atom stereocenters. The quantitative estimate of drug-likeness (QED) is 0.825. The first-order valence-corrected chi connectivity index (χ1v) is 6.10. The van der Waals surface area contributed by atoms with Gasteiger partial charge < -0.3 is 10.4 Å². The van der Waals surface area contributed by atoms with Gasteiger partial charge in [0, 0.05) is 6.54 Å². The van der Waals surface area contributed by atoms with E-state index in [1.165, 1.54) is 16.3 Å². The molecule has 0 saturated carbocycles. The van der Waals surface area contributed by atoms with E-state index in [0.717, 1.165) is 12.8 Å². The number of benzene rings is 2. The van der Waals surface area contributed by atoms with Gasteiger partial charge in [-0.1, -0.05) is 42.5 Å². The summed E-state index contributed by atoms with van der Waals surface area (Å²) in [6, 6.07) is 14.9. The molecule has 0 aliphatic rings. The van der Waals surface area contributed by atoms with E-state index in [2.05, 4.69) is 47.8 Å². The van der Waals surface area contributed by atoms with Crippen molar-refractivity contribution in [3.63, 3.8) is 0 Å². The molecule has 1 atom stereocenters. The highest BCUT2D eigenvalue weighted by molar-refractivity contribution is 5.82. The fourth-order valence-corrected chi connectivity index (χ4v) is 2.07. The Labute approximate surface area is 102 Å². The predicted octanol–water partition coefficient (Wildman–Crippen LogP) is 2.35. The minimum Gasteiger partial charge on any atom is -0.392 e. The maximum Gasteiger partial charge on any atom is 0.0667 e. The van der Waals surface area contributed by atoms with Gasteiger partial charge in [-0.2, -0.15) is 0 Å². The molecular formula is C15H19NO. The largest absolute Gasteiger partial charge is 0.392 e. The third kappa shape index (κ3) is 3.29. The lowest BCUT2D eigenvalue weighted by atomic mass is 10.0. The fourth-order valence-electron chi connectivity index (χ4n) is 2.07. The van der Waals surface area contributed by atoms with E-state index >= 15 is 0 Å². The van der Waals surface area contributed by atoms with E-state index in [1.807, 2.05) is 7.05 Å². The molecule has 0 bridgehead atoms. The zero-order valence-electron chi connectivity index (χ0n) is 10.2. The van der Waals surface area contributed by atoms with Gasteiger partial charge in [0.15, 0.2) is 0 Å². The molecule has 0 radical (unpaired) electrons. The van der Waals surface area contributed by atoms with Gasteiger partial charge >= 0.3 is 0 Å². The Morgan fingerprint density at radius 3 is 2.65 bits per heavy atom. The van der Waals surface area contributed by atoms with Crippen molar-refractivity contribution in [1.82, 2.24) is 5.32 Å². The van der Waals surface area contributed by atoms with Crippen LogP contribution in [0.3, 0.4) is 0 Å². The molecule has 2 aromatic carbocycles. The van der Waals surface area contributed by atoms with Gasteiger partial charge in [0.05, 0.1) is 6.10 Å². The third-order valence-corrected chi connectivity index (χ3v) is 3.02. The standard InChI is InChI=1S/C15H19NO/c1-16-11-15(17)9-7-12-6-8-13-4-2-3-5-14(13)10-12/h2-6,8,10,15-17H,7,9,11H2,1H3. The predicted molar refractivity (Wildman–Crippen MR) is 72.2 cm³/mol. The minimum absolute atomic E-state index is 0.258. The molecule has 0 aliphatic heterocycles. The van der Waals surface area contributed by atoms with Crippen LogP contribution in [0.5, 0.6) is 0 Å². The van der Waals surface area contributed by atoms with Crippen LogP contribution in [0.2, 0.25) is 0 Å². The summed E-state index contributed by atoms with van der Waals surface area (Å²) in [6.45, 7) is 0.660. The van der Waals surface area contributed by atoms with Gasteiger partial charge in [0.25, 0.3) is 0 Å². The summed E-state index contributed by atoms with van der Waals surface area (Å²) < 4.78 is 0. The third-order valence-electron chi connectivity index (χ3n) is 3.02. The average molecular weight is 229 g/mol. The molecule has 2 aromatic rings. The van der Waals surface area contributed by atoms with Gasteiger partial charge in [-0.05, 0) is 36.2 Å². The van der Waals surface area contributed by atoms with Crippen LogP contribution >= 0.6 is 0 Å². The Morgan fingerprint density at radius 1 is 1.12 bits per heavy atom. The van der Waals surface area contributed by atoms with Crippen molar-refractivity contribution >= 4 is 10.8 Å². The average Bonchev–Trinajstić information content (AvgIpc) is 2.36. The first-order valence-electron chi connectivity index (χ1n) is 6.10. The summed E-state index contributed by atoms with van der Waals surface area (Å²) in [5.41, 5.74) is 1.29. The number of hydrogen-bond donors (Lipinski definition) is 2. The summed E-state index contributed by atoms with van der Waals surface area (Å²) >= 11 is 0. The van der Waals surface area contributed by atoms with Crippen LogP contribution in [0, 0.1) is 0 Å². The maximum absolute atomic E-state index is 9.66. The first-order chi connectivity index (χ1) is 8.29. The van der Waals surface area contributed by atoms with Crippen molar-refractivity contribution in [2.24, 2.45) is 0 Å². The summed E-state index contributed by atoms with van der Waals surface area (Å²) in [5, 5.41) is 15.2. The molecule has 17 heavy (non-hydrogen) atoms. The molecule has 0 fully saturated rings. The highest BCUT2D eigenvalue weighted by atomic mass is 16.3. The highest BCUT2D eigenvalue weighted by Crippen LogP contribution is 2.16. The van der Waals surface area contributed by atoms with Gasteiger partial charge in [-0.25, -0.2) is 0 Å². The van der Waals surface area contributed by atoms with Gasteiger partial charge in [0.2, 0.25) is 0 Å². The SMILES string of the molecule is CNCC(O)CCc1ccc2ccccc2c1. The number of rotatable bonds is 5. The molecule has 90 valence electrons. The highest BCUT2D eigenvalue weighted by Gasteiger charge is 2.03. The monoisotopic (exact) mass is 229 g/mol. The van der Waals surface area contributed by atoms with Crippen molar-refractivity contribution < 1.29 is 5.11 Å². The second-order valence-electron chi connectivity index (χ2n) is 4.43. The first kappa shape index (κ1) is 12.1. The number of likely N-dealkylation sites (N-methyl/N-ethyl adjacent to an activating group) is 1. The zero-order valence-corrected chi connectivity index (χ0v) is 10.2. The number of aliphatic hydroxyl groups excluding tert-OH is 1. The van der Waals surface area contributed by atoms with Crippen molar-refractivity contribution in [3.05, 3.63) is 48.0 Å². The van der Waals surface area contributed by atoms with Gasteiger partial charge in [-0.3, -0.25) is 0 Å². The summed E-state index contributed by atoms with van der Waals surface area (Å²) in [7, 11) is 1.86.